The molecule has 1 saturated heterocycles. The molecule has 4 rings (SSSR count). The molecule has 0 spiro atoms. The molecule has 2 N–H and O–H groups in total. The van der Waals surface area contributed by atoms with Crippen molar-refractivity contribution in [3.63, 3.8) is 0 Å². The van der Waals surface area contributed by atoms with Crippen LogP contribution in [0.4, 0.5) is 11.4 Å². The van der Waals surface area contributed by atoms with Crippen molar-refractivity contribution < 1.29 is 24.2 Å². The third-order valence-corrected chi connectivity index (χ3v) is 5.96. The van der Waals surface area contributed by atoms with Gasteiger partial charge in [-0.05, 0) is 53.9 Å². The second kappa shape index (κ2) is 9.85. The van der Waals surface area contributed by atoms with Gasteiger partial charge in [0, 0.05) is 23.9 Å². The van der Waals surface area contributed by atoms with Crippen molar-refractivity contribution in [3.05, 3.63) is 95.1 Å². The summed E-state index contributed by atoms with van der Waals surface area (Å²) in [4.78, 5) is 39.3. The van der Waals surface area contributed by atoms with E-state index in [0.29, 0.717) is 28.3 Å². The lowest BCUT2D eigenvalue weighted by molar-refractivity contribution is -0.132. The predicted molar refractivity (Wildman–Crippen MR) is 134 cm³/mol. The Hall–Kier alpha value is -4.39. The van der Waals surface area contributed by atoms with E-state index in [0.717, 1.165) is 12.0 Å². The molecule has 1 aliphatic rings. The van der Waals surface area contributed by atoms with Gasteiger partial charge in [-0.1, -0.05) is 43.3 Å². The zero-order valence-electron chi connectivity index (χ0n) is 19.7. The summed E-state index contributed by atoms with van der Waals surface area (Å²) in [6.45, 7) is 3.43. The van der Waals surface area contributed by atoms with Crippen LogP contribution in [0.1, 0.15) is 36.6 Å². The van der Waals surface area contributed by atoms with Crippen LogP contribution in [0.25, 0.3) is 5.76 Å². The number of hydrogen-bond acceptors (Lipinski definition) is 5. The lowest BCUT2D eigenvalue weighted by Crippen LogP contribution is -2.29. The zero-order valence-corrected chi connectivity index (χ0v) is 19.7. The molecule has 1 heterocycles. The van der Waals surface area contributed by atoms with Gasteiger partial charge in [-0.2, -0.15) is 0 Å². The number of ketones is 1. The van der Waals surface area contributed by atoms with Crippen LogP contribution >= 0.6 is 0 Å². The Labute approximate surface area is 203 Å². The minimum Gasteiger partial charge on any atom is -0.507 e. The number of carbonyl (C=O) groups excluding carboxylic acids is 3. The van der Waals surface area contributed by atoms with E-state index in [9.17, 15) is 19.5 Å². The van der Waals surface area contributed by atoms with Crippen molar-refractivity contribution in [2.45, 2.75) is 26.3 Å². The molecular formula is C28H26N2O5. The molecular weight excluding hydrogens is 444 g/mol. The molecule has 0 radical (unpaired) electrons. The van der Waals surface area contributed by atoms with Crippen molar-refractivity contribution in [2.24, 2.45) is 0 Å². The van der Waals surface area contributed by atoms with Gasteiger partial charge in [-0.15, -0.1) is 0 Å². The number of ether oxygens (including phenoxy) is 1. The smallest absolute Gasteiger partial charge is 0.300 e. The number of nitrogens with one attached hydrogen (secondary N) is 1. The molecule has 1 fully saturated rings. The highest BCUT2D eigenvalue weighted by molar-refractivity contribution is 6.51. The van der Waals surface area contributed by atoms with Gasteiger partial charge in [0.05, 0.1) is 18.7 Å². The summed E-state index contributed by atoms with van der Waals surface area (Å²) in [6, 6.07) is 20.0. The van der Waals surface area contributed by atoms with Gasteiger partial charge >= 0.3 is 0 Å². The van der Waals surface area contributed by atoms with Gasteiger partial charge in [0.15, 0.2) is 0 Å². The summed E-state index contributed by atoms with van der Waals surface area (Å²) >= 11 is 0. The van der Waals surface area contributed by atoms with Crippen LogP contribution in [0.3, 0.4) is 0 Å². The first kappa shape index (κ1) is 23.8. The summed E-state index contributed by atoms with van der Waals surface area (Å²) in [7, 11) is 1.53. The van der Waals surface area contributed by atoms with Crippen molar-refractivity contribution in [3.8, 4) is 5.75 Å². The highest BCUT2D eigenvalue weighted by atomic mass is 16.5. The Kier molecular flexibility index (Phi) is 6.68. The number of nitrogens with zero attached hydrogens (tertiary/aromatic N) is 1. The second-order valence-electron chi connectivity index (χ2n) is 8.22. The van der Waals surface area contributed by atoms with Crippen LogP contribution in [-0.4, -0.2) is 29.8 Å². The van der Waals surface area contributed by atoms with E-state index in [4.69, 9.17) is 4.74 Å². The number of Topliss-reactive ketones (excluding diaryl/α,β-unsaturated/α-hetero) is 1. The van der Waals surface area contributed by atoms with Gasteiger partial charge in [-0.25, -0.2) is 0 Å². The quantitative estimate of drug-likeness (QED) is 0.305. The summed E-state index contributed by atoms with van der Waals surface area (Å²) in [5, 5.41) is 13.9. The molecule has 3 aromatic carbocycles. The number of aliphatic hydroxyl groups excluding tert-OH is 1. The fourth-order valence-corrected chi connectivity index (χ4v) is 4.19. The Morgan fingerprint density at radius 2 is 1.71 bits per heavy atom. The molecule has 0 saturated carbocycles. The van der Waals surface area contributed by atoms with Crippen molar-refractivity contribution in [1.29, 1.82) is 0 Å². The number of benzene rings is 3. The maximum atomic E-state index is 13.3. The van der Waals surface area contributed by atoms with Crippen LogP contribution in [0, 0.1) is 0 Å². The molecule has 0 aliphatic carbocycles. The molecule has 1 atom stereocenters. The minimum absolute atomic E-state index is 0.00145. The van der Waals surface area contributed by atoms with Crippen LogP contribution in [-0.2, 0) is 20.8 Å². The van der Waals surface area contributed by atoms with E-state index >= 15 is 0 Å². The van der Waals surface area contributed by atoms with Crippen molar-refractivity contribution >= 4 is 34.7 Å². The molecule has 0 bridgehead atoms. The van der Waals surface area contributed by atoms with Crippen LogP contribution in [0.2, 0.25) is 0 Å². The average molecular weight is 471 g/mol. The molecule has 2 amide bonds. The van der Waals surface area contributed by atoms with E-state index in [1.807, 2.05) is 19.1 Å². The molecule has 7 heteroatoms. The van der Waals surface area contributed by atoms with E-state index in [1.54, 1.807) is 60.7 Å². The molecule has 178 valence electrons. The van der Waals surface area contributed by atoms with Gasteiger partial charge in [-0.3, -0.25) is 19.3 Å². The maximum Gasteiger partial charge on any atom is 0.300 e. The van der Waals surface area contributed by atoms with E-state index in [1.165, 1.54) is 18.9 Å². The third-order valence-electron chi connectivity index (χ3n) is 5.96. The summed E-state index contributed by atoms with van der Waals surface area (Å²) in [6.07, 6.45) is 0.837. The molecule has 7 nitrogen and oxygen atoms in total. The Morgan fingerprint density at radius 3 is 2.31 bits per heavy atom. The number of aliphatic hydroxyl groups is 1. The number of rotatable bonds is 6. The number of amides is 2. The van der Waals surface area contributed by atoms with Crippen molar-refractivity contribution in [1.82, 2.24) is 0 Å². The lowest BCUT2D eigenvalue weighted by Gasteiger charge is -2.26. The summed E-state index contributed by atoms with van der Waals surface area (Å²) < 4.78 is 5.36. The monoisotopic (exact) mass is 470 g/mol. The summed E-state index contributed by atoms with van der Waals surface area (Å²) in [5.74, 6) is -1.43. The predicted octanol–water partition coefficient (Wildman–Crippen LogP) is 4.84. The van der Waals surface area contributed by atoms with Crippen LogP contribution < -0.4 is 15.0 Å². The fourth-order valence-electron chi connectivity index (χ4n) is 4.19. The number of carbonyl (C=O) groups is 3. The Morgan fingerprint density at radius 1 is 1.03 bits per heavy atom. The summed E-state index contributed by atoms with van der Waals surface area (Å²) in [5.41, 5.74) is 3.17. The second-order valence-corrected chi connectivity index (χ2v) is 8.22. The zero-order chi connectivity index (χ0) is 25.1. The third kappa shape index (κ3) is 4.66. The number of aryl methyl sites for hydroxylation is 1. The highest BCUT2D eigenvalue weighted by Gasteiger charge is 2.47. The first-order valence-electron chi connectivity index (χ1n) is 11.3. The van der Waals surface area contributed by atoms with Crippen LogP contribution in [0.15, 0.2) is 78.4 Å². The maximum absolute atomic E-state index is 13.3. The minimum atomic E-state index is -0.873. The highest BCUT2D eigenvalue weighted by Crippen LogP contribution is 2.43. The number of anilines is 2. The normalized spacial score (nSPS) is 16.9. The average Bonchev–Trinajstić information content (AvgIpc) is 3.14. The molecule has 1 aliphatic heterocycles. The standard InChI is InChI=1S/C28H26N2O5/c1-4-18-8-10-19(11-9-18)26(32)24-25(20-6-5-7-23(16-20)35-3)30(28(34)27(24)33)22-14-12-21(13-15-22)29-17(2)31/h5-16,25,32H,4H2,1-3H3,(H,29,31)/b26-24-. The lowest BCUT2D eigenvalue weighted by atomic mass is 9.94. The first-order chi connectivity index (χ1) is 16.8. The van der Waals surface area contributed by atoms with Gasteiger partial charge in [0.2, 0.25) is 5.91 Å². The van der Waals surface area contributed by atoms with E-state index < -0.39 is 17.7 Å². The van der Waals surface area contributed by atoms with E-state index in [2.05, 4.69) is 5.32 Å². The fraction of sp³-hybridized carbons (Fsp3) is 0.179. The number of methoxy groups -OCH3 is 1. The van der Waals surface area contributed by atoms with Gasteiger partial charge in [0.1, 0.15) is 11.5 Å². The van der Waals surface area contributed by atoms with Crippen LogP contribution in [0.5, 0.6) is 5.75 Å². The largest absolute Gasteiger partial charge is 0.507 e. The van der Waals surface area contributed by atoms with E-state index in [-0.39, 0.29) is 17.2 Å². The Bertz CT molecular complexity index is 1310. The van der Waals surface area contributed by atoms with Gasteiger partial charge in [0.25, 0.3) is 11.7 Å². The molecule has 1 unspecified atom stereocenters. The topological polar surface area (TPSA) is 95.9 Å². The molecule has 0 aromatic heterocycles. The Balaban J connectivity index is 1.87. The first-order valence-corrected chi connectivity index (χ1v) is 11.3. The van der Waals surface area contributed by atoms with Gasteiger partial charge < -0.3 is 15.2 Å². The number of hydrogen-bond donors (Lipinski definition) is 2. The SMILES string of the molecule is CCc1ccc(/C(O)=C2/C(=O)C(=O)N(c3ccc(NC(C)=O)cc3)C2c2cccc(OC)c2)cc1. The molecule has 35 heavy (non-hydrogen) atoms. The molecule has 3 aromatic rings. The van der Waals surface area contributed by atoms with Crippen molar-refractivity contribution in [2.75, 3.05) is 17.3 Å².